The number of fused-ring (bicyclic) bond motifs is 1. The minimum absolute atomic E-state index is 0.0163. The summed E-state index contributed by atoms with van der Waals surface area (Å²) in [4.78, 5) is 26.6. The molecule has 0 saturated carbocycles. The van der Waals surface area contributed by atoms with Crippen LogP contribution < -0.4 is 11.3 Å². The van der Waals surface area contributed by atoms with E-state index in [1.165, 1.54) is 0 Å². The van der Waals surface area contributed by atoms with Crippen LogP contribution in [-0.4, -0.2) is 34.2 Å². The number of nitrogens with zero attached hydrogens (tertiary/aromatic N) is 4. The van der Waals surface area contributed by atoms with Gasteiger partial charge in [0.15, 0.2) is 0 Å². The summed E-state index contributed by atoms with van der Waals surface area (Å²) in [5.41, 5.74) is 8.84. The SMILES string of the molecule is C[C@H](Cc1nc(N)ncc1-c1csc(S(C)(=O)=O)n1)c1cc2cccc(Cl)c2c(=O)n1-c1ccccc1. The minimum atomic E-state index is -3.45. The highest BCUT2D eigenvalue weighted by molar-refractivity contribution is 7.92. The fourth-order valence-corrected chi connectivity index (χ4v) is 6.21. The summed E-state index contributed by atoms with van der Waals surface area (Å²) in [7, 11) is -3.45. The van der Waals surface area contributed by atoms with Crippen molar-refractivity contribution in [2.24, 2.45) is 0 Å². The van der Waals surface area contributed by atoms with Gasteiger partial charge in [0.25, 0.3) is 5.56 Å². The van der Waals surface area contributed by atoms with Crippen molar-refractivity contribution in [1.29, 1.82) is 0 Å². The molecule has 0 bridgehead atoms. The molecule has 188 valence electrons. The summed E-state index contributed by atoms with van der Waals surface area (Å²) < 4.78 is 25.6. The van der Waals surface area contributed by atoms with Gasteiger partial charge in [0.05, 0.1) is 21.8 Å². The van der Waals surface area contributed by atoms with Gasteiger partial charge in [-0.25, -0.2) is 23.4 Å². The van der Waals surface area contributed by atoms with Gasteiger partial charge in [0, 0.05) is 40.7 Å². The number of para-hydroxylation sites is 1. The van der Waals surface area contributed by atoms with Gasteiger partial charge in [-0.3, -0.25) is 9.36 Å². The highest BCUT2D eigenvalue weighted by Crippen LogP contribution is 2.32. The van der Waals surface area contributed by atoms with Gasteiger partial charge >= 0.3 is 0 Å². The largest absolute Gasteiger partial charge is 0.368 e. The van der Waals surface area contributed by atoms with Crippen LogP contribution in [0.3, 0.4) is 0 Å². The van der Waals surface area contributed by atoms with Crippen molar-refractivity contribution >= 4 is 49.5 Å². The molecule has 0 radical (unpaired) electrons. The number of nitrogens with two attached hydrogens (primary N) is 1. The number of benzene rings is 2. The van der Waals surface area contributed by atoms with Crippen LogP contribution in [0.4, 0.5) is 5.95 Å². The van der Waals surface area contributed by atoms with Gasteiger partial charge in [-0.1, -0.05) is 48.9 Å². The Morgan fingerprint density at radius 2 is 1.86 bits per heavy atom. The maximum absolute atomic E-state index is 13.7. The van der Waals surface area contributed by atoms with Crippen LogP contribution in [0.2, 0.25) is 5.02 Å². The molecule has 0 unspecified atom stereocenters. The van der Waals surface area contributed by atoms with E-state index in [1.807, 2.05) is 55.5 Å². The lowest BCUT2D eigenvalue weighted by Crippen LogP contribution is -2.24. The molecule has 0 aliphatic carbocycles. The lowest BCUT2D eigenvalue weighted by atomic mass is 9.95. The molecule has 1 atom stereocenters. The number of hydrogen-bond donors (Lipinski definition) is 1. The molecule has 3 aromatic heterocycles. The molecule has 0 fully saturated rings. The third kappa shape index (κ3) is 4.87. The molecule has 0 spiro atoms. The molecule has 37 heavy (non-hydrogen) atoms. The van der Waals surface area contributed by atoms with Crippen molar-refractivity contribution in [2.45, 2.75) is 23.6 Å². The molecular weight excluding hydrogens is 530 g/mol. The van der Waals surface area contributed by atoms with Crippen molar-refractivity contribution in [3.63, 3.8) is 0 Å². The predicted molar refractivity (Wildman–Crippen MR) is 147 cm³/mol. The second-order valence-corrected chi connectivity index (χ2v) is 12.2. The molecule has 5 aromatic rings. The zero-order valence-electron chi connectivity index (χ0n) is 19.9. The maximum Gasteiger partial charge on any atom is 0.264 e. The lowest BCUT2D eigenvalue weighted by Gasteiger charge is -2.21. The van der Waals surface area contributed by atoms with Crippen LogP contribution in [0.25, 0.3) is 27.7 Å². The monoisotopic (exact) mass is 551 g/mol. The second-order valence-electron chi connectivity index (χ2n) is 8.71. The van der Waals surface area contributed by atoms with Gasteiger partial charge in [-0.2, -0.15) is 0 Å². The van der Waals surface area contributed by atoms with Crippen LogP contribution >= 0.6 is 22.9 Å². The first kappa shape index (κ1) is 25.1. The van der Waals surface area contributed by atoms with Gasteiger partial charge in [-0.15, -0.1) is 11.3 Å². The van der Waals surface area contributed by atoms with Gasteiger partial charge in [0.1, 0.15) is 0 Å². The number of pyridine rings is 1. The molecule has 2 N–H and O–H groups in total. The van der Waals surface area contributed by atoms with E-state index in [0.29, 0.717) is 33.8 Å². The normalized spacial score (nSPS) is 12.6. The third-order valence-corrected chi connectivity index (χ3v) is 8.88. The number of aromatic nitrogens is 4. The zero-order valence-corrected chi connectivity index (χ0v) is 22.3. The molecule has 0 saturated heterocycles. The molecule has 3 heterocycles. The average Bonchev–Trinajstić information content (AvgIpc) is 3.35. The quantitative estimate of drug-likeness (QED) is 0.319. The van der Waals surface area contributed by atoms with Crippen molar-refractivity contribution < 1.29 is 8.42 Å². The standard InChI is InChI=1S/C26H22ClN5O3S2/c1-15(11-20-18(13-29-25(28)30-20)21-14-36-26(31-21)37(2,34)35)22-12-16-7-6-10-19(27)23(16)24(33)32(22)17-8-4-3-5-9-17/h3-10,12-15H,11H2,1-2H3,(H2,28,29,30)/t15-/m1/s1. The summed E-state index contributed by atoms with van der Waals surface area (Å²) in [6.07, 6.45) is 3.06. The number of hydrogen-bond acceptors (Lipinski definition) is 8. The Morgan fingerprint density at radius 3 is 2.57 bits per heavy atom. The molecule has 0 aliphatic rings. The van der Waals surface area contributed by atoms with Crippen molar-refractivity contribution in [2.75, 3.05) is 12.0 Å². The Balaban J connectivity index is 1.65. The number of thiazole rings is 1. The van der Waals surface area contributed by atoms with Crippen LogP contribution in [0.1, 0.15) is 24.2 Å². The molecule has 2 aromatic carbocycles. The van der Waals surface area contributed by atoms with E-state index in [1.54, 1.807) is 22.2 Å². The average molecular weight is 552 g/mol. The Bertz CT molecular complexity index is 1800. The number of rotatable bonds is 6. The highest BCUT2D eigenvalue weighted by Gasteiger charge is 2.22. The van der Waals surface area contributed by atoms with Crippen LogP contribution in [0.15, 0.2) is 75.3 Å². The van der Waals surface area contributed by atoms with E-state index in [9.17, 15) is 13.2 Å². The number of sulfone groups is 1. The molecule has 0 aliphatic heterocycles. The van der Waals surface area contributed by atoms with Crippen molar-refractivity contribution in [1.82, 2.24) is 19.5 Å². The predicted octanol–water partition coefficient (Wildman–Crippen LogP) is 4.89. The maximum atomic E-state index is 13.7. The van der Waals surface area contributed by atoms with E-state index >= 15 is 0 Å². The van der Waals surface area contributed by atoms with Gasteiger partial charge < -0.3 is 5.73 Å². The third-order valence-electron chi connectivity index (χ3n) is 6.01. The summed E-state index contributed by atoms with van der Waals surface area (Å²) in [6, 6.07) is 16.7. The fraction of sp³-hybridized carbons (Fsp3) is 0.154. The Kier molecular flexibility index (Phi) is 6.57. The van der Waals surface area contributed by atoms with Gasteiger partial charge in [0.2, 0.25) is 20.1 Å². The first-order chi connectivity index (χ1) is 17.6. The Hall–Kier alpha value is -3.60. The smallest absolute Gasteiger partial charge is 0.264 e. The first-order valence-electron chi connectivity index (χ1n) is 11.3. The van der Waals surface area contributed by atoms with Gasteiger partial charge in [-0.05, 0) is 36.1 Å². The van der Waals surface area contributed by atoms with Crippen LogP contribution in [-0.2, 0) is 16.3 Å². The summed E-state index contributed by atoms with van der Waals surface area (Å²) in [5.74, 6) is -0.104. The van der Waals surface area contributed by atoms with E-state index in [-0.39, 0.29) is 21.8 Å². The number of halogens is 1. The molecule has 11 heteroatoms. The molecular formula is C26H22ClN5O3S2. The van der Waals surface area contributed by atoms with Crippen molar-refractivity contribution in [3.8, 4) is 16.9 Å². The Labute approximate surface area is 222 Å². The number of anilines is 1. The minimum Gasteiger partial charge on any atom is -0.368 e. The van der Waals surface area contributed by atoms with E-state index in [4.69, 9.17) is 17.3 Å². The second kappa shape index (κ2) is 9.70. The van der Waals surface area contributed by atoms with E-state index < -0.39 is 9.84 Å². The number of nitrogen functional groups attached to an aromatic ring is 1. The van der Waals surface area contributed by atoms with Crippen molar-refractivity contribution in [3.05, 3.63) is 92.9 Å². The van der Waals surface area contributed by atoms with Crippen LogP contribution in [0.5, 0.6) is 0 Å². The molecule has 0 amide bonds. The van der Waals surface area contributed by atoms with Crippen LogP contribution in [0, 0.1) is 0 Å². The van der Waals surface area contributed by atoms with E-state index in [2.05, 4.69) is 15.0 Å². The highest BCUT2D eigenvalue weighted by atomic mass is 35.5. The zero-order chi connectivity index (χ0) is 26.3. The summed E-state index contributed by atoms with van der Waals surface area (Å²) >= 11 is 7.47. The Morgan fingerprint density at radius 1 is 1.11 bits per heavy atom. The lowest BCUT2D eigenvalue weighted by molar-refractivity contribution is 0.601. The summed E-state index contributed by atoms with van der Waals surface area (Å²) in [5, 5.41) is 3.25. The molecule has 8 nitrogen and oxygen atoms in total. The van der Waals surface area contributed by atoms with E-state index in [0.717, 1.165) is 34.4 Å². The first-order valence-corrected chi connectivity index (χ1v) is 14.5. The fourth-order valence-electron chi connectivity index (χ4n) is 4.29. The molecule has 5 rings (SSSR count). The topological polar surface area (TPSA) is 121 Å². The summed E-state index contributed by atoms with van der Waals surface area (Å²) in [6.45, 7) is 2.00.